The second kappa shape index (κ2) is 10.9. The minimum absolute atomic E-state index is 0.202. The molecule has 3 rings (SSSR count). The molecular formula is C23H28ClN3O4S. The molecule has 32 heavy (non-hydrogen) atoms. The van der Waals surface area contributed by atoms with E-state index in [9.17, 15) is 18.0 Å². The summed E-state index contributed by atoms with van der Waals surface area (Å²) in [7, 11) is -3.66. The van der Waals surface area contributed by atoms with Gasteiger partial charge in [0.2, 0.25) is 10.0 Å². The number of sulfonamides is 1. The van der Waals surface area contributed by atoms with Crippen LogP contribution in [0.15, 0.2) is 53.4 Å². The number of nitrogens with zero attached hydrogens (tertiary/aromatic N) is 1. The highest BCUT2D eigenvalue weighted by molar-refractivity contribution is 7.89. The molecule has 0 spiro atoms. The van der Waals surface area contributed by atoms with Crippen LogP contribution in [0.4, 0.5) is 0 Å². The van der Waals surface area contributed by atoms with E-state index in [1.54, 1.807) is 12.1 Å². The average molecular weight is 478 g/mol. The number of halogens is 1. The lowest BCUT2D eigenvalue weighted by molar-refractivity contribution is -0.139. The van der Waals surface area contributed by atoms with Gasteiger partial charge in [0.05, 0.1) is 4.90 Å². The summed E-state index contributed by atoms with van der Waals surface area (Å²) in [6.07, 6.45) is 2.85. The molecule has 2 amide bonds. The number of piperidine rings is 1. The molecule has 1 saturated heterocycles. The van der Waals surface area contributed by atoms with Crippen LogP contribution >= 0.6 is 11.6 Å². The Morgan fingerprint density at radius 2 is 1.72 bits per heavy atom. The van der Waals surface area contributed by atoms with Gasteiger partial charge >= 0.3 is 11.8 Å². The number of rotatable bonds is 7. The van der Waals surface area contributed by atoms with Gasteiger partial charge in [-0.05, 0) is 61.6 Å². The van der Waals surface area contributed by atoms with Crippen LogP contribution in [0, 0.1) is 6.92 Å². The number of carbonyl (C=O) groups is 2. The van der Waals surface area contributed by atoms with E-state index in [2.05, 4.69) is 10.6 Å². The van der Waals surface area contributed by atoms with Gasteiger partial charge in [0, 0.05) is 30.7 Å². The van der Waals surface area contributed by atoms with Crippen LogP contribution in [0.25, 0.3) is 0 Å². The number of carbonyl (C=O) groups excluding carboxylic acids is 2. The molecule has 0 aliphatic carbocycles. The third-order valence-electron chi connectivity index (χ3n) is 5.66. The summed E-state index contributed by atoms with van der Waals surface area (Å²) in [5.74, 6) is -1.43. The molecule has 2 aromatic carbocycles. The standard InChI is InChI=1S/C23H28ClN3O4S/c1-17-6-2-3-7-18(17)16-26-23(29)22(28)25-14-13-20-8-4-5-15-27(20)32(30,31)21-11-9-19(24)10-12-21/h2-3,6-7,9-12,20H,4-5,8,13-16H2,1H3,(H,25,28)(H,26,29)/t20-/m0/s1. The van der Waals surface area contributed by atoms with E-state index in [-0.39, 0.29) is 24.0 Å². The molecule has 0 bridgehead atoms. The summed E-state index contributed by atoms with van der Waals surface area (Å²) >= 11 is 5.88. The lowest BCUT2D eigenvalue weighted by Crippen LogP contribution is -2.46. The molecule has 7 nitrogen and oxygen atoms in total. The van der Waals surface area contributed by atoms with Gasteiger partial charge in [-0.25, -0.2) is 8.42 Å². The first kappa shape index (κ1) is 24.2. The molecule has 1 fully saturated rings. The van der Waals surface area contributed by atoms with Crippen molar-refractivity contribution in [3.63, 3.8) is 0 Å². The monoisotopic (exact) mass is 477 g/mol. The Bertz CT molecular complexity index is 1060. The van der Waals surface area contributed by atoms with Gasteiger partial charge in [-0.15, -0.1) is 0 Å². The van der Waals surface area contributed by atoms with Gasteiger partial charge in [0.1, 0.15) is 0 Å². The maximum absolute atomic E-state index is 13.1. The normalized spacial score (nSPS) is 17.0. The lowest BCUT2D eigenvalue weighted by atomic mass is 10.0. The molecular weight excluding hydrogens is 450 g/mol. The van der Waals surface area contributed by atoms with Crippen LogP contribution in [0.3, 0.4) is 0 Å². The van der Waals surface area contributed by atoms with Crippen molar-refractivity contribution in [3.8, 4) is 0 Å². The molecule has 172 valence electrons. The highest BCUT2D eigenvalue weighted by Crippen LogP contribution is 2.27. The van der Waals surface area contributed by atoms with Crippen LogP contribution in [0.1, 0.15) is 36.8 Å². The van der Waals surface area contributed by atoms with E-state index in [1.165, 1.54) is 16.4 Å². The molecule has 0 unspecified atom stereocenters. The van der Waals surface area contributed by atoms with Crippen molar-refractivity contribution in [2.75, 3.05) is 13.1 Å². The maximum Gasteiger partial charge on any atom is 0.309 e. The van der Waals surface area contributed by atoms with E-state index < -0.39 is 21.8 Å². The van der Waals surface area contributed by atoms with E-state index in [0.717, 1.165) is 24.0 Å². The molecule has 9 heteroatoms. The zero-order valence-corrected chi connectivity index (χ0v) is 19.6. The van der Waals surface area contributed by atoms with Crippen LogP contribution in [0.5, 0.6) is 0 Å². The fourth-order valence-corrected chi connectivity index (χ4v) is 5.67. The number of hydrogen-bond donors (Lipinski definition) is 2. The summed E-state index contributed by atoms with van der Waals surface area (Å²) in [6.45, 7) is 2.86. The topological polar surface area (TPSA) is 95.6 Å². The van der Waals surface area contributed by atoms with E-state index in [1.807, 2.05) is 31.2 Å². The fraction of sp³-hybridized carbons (Fsp3) is 0.391. The van der Waals surface area contributed by atoms with E-state index >= 15 is 0 Å². The summed E-state index contributed by atoms with van der Waals surface area (Å²) in [5, 5.41) is 5.70. The number of nitrogens with one attached hydrogen (secondary N) is 2. The highest BCUT2D eigenvalue weighted by Gasteiger charge is 2.33. The molecule has 1 heterocycles. The maximum atomic E-state index is 13.1. The molecule has 1 aliphatic rings. The van der Waals surface area contributed by atoms with Crippen molar-refractivity contribution in [1.29, 1.82) is 0 Å². The van der Waals surface area contributed by atoms with Crippen molar-refractivity contribution in [2.24, 2.45) is 0 Å². The lowest BCUT2D eigenvalue weighted by Gasteiger charge is -2.34. The Morgan fingerprint density at radius 1 is 1.03 bits per heavy atom. The Kier molecular flexibility index (Phi) is 8.28. The van der Waals surface area contributed by atoms with Gasteiger partial charge in [-0.2, -0.15) is 4.31 Å². The molecule has 2 N–H and O–H groups in total. The molecule has 1 atom stereocenters. The predicted octanol–water partition coefficient (Wildman–Crippen LogP) is 3.01. The van der Waals surface area contributed by atoms with E-state index in [0.29, 0.717) is 24.4 Å². The number of amides is 2. The van der Waals surface area contributed by atoms with Gasteiger partial charge in [0.25, 0.3) is 0 Å². The first-order chi connectivity index (χ1) is 15.3. The minimum Gasteiger partial charge on any atom is -0.348 e. The van der Waals surface area contributed by atoms with Crippen molar-refractivity contribution >= 4 is 33.4 Å². The first-order valence-electron chi connectivity index (χ1n) is 10.7. The van der Waals surface area contributed by atoms with Gasteiger partial charge in [-0.3, -0.25) is 9.59 Å². The molecule has 1 aliphatic heterocycles. The fourth-order valence-electron chi connectivity index (χ4n) is 3.82. The number of benzene rings is 2. The van der Waals surface area contributed by atoms with Crippen LogP contribution in [0.2, 0.25) is 5.02 Å². The quantitative estimate of drug-likeness (QED) is 0.599. The second-order valence-corrected chi connectivity index (χ2v) is 10.2. The van der Waals surface area contributed by atoms with Gasteiger partial charge in [-0.1, -0.05) is 42.3 Å². The summed E-state index contributed by atoms with van der Waals surface area (Å²) in [6, 6.07) is 13.5. The third-order valence-corrected chi connectivity index (χ3v) is 7.88. The van der Waals surface area contributed by atoms with Crippen LogP contribution in [-0.4, -0.2) is 43.7 Å². The van der Waals surface area contributed by atoms with Crippen LogP contribution in [-0.2, 0) is 26.2 Å². The van der Waals surface area contributed by atoms with Crippen molar-refractivity contribution in [3.05, 3.63) is 64.7 Å². The highest BCUT2D eigenvalue weighted by atomic mass is 35.5. The zero-order chi connectivity index (χ0) is 23.1. The molecule has 0 radical (unpaired) electrons. The van der Waals surface area contributed by atoms with Crippen molar-refractivity contribution in [1.82, 2.24) is 14.9 Å². The Hall–Kier alpha value is -2.42. The van der Waals surface area contributed by atoms with E-state index in [4.69, 9.17) is 11.6 Å². The molecule has 0 saturated carbocycles. The van der Waals surface area contributed by atoms with Gasteiger partial charge in [0.15, 0.2) is 0 Å². The summed E-state index contributed by atoms with van der Waals surface area (Å²) < 4.78 is 27.7. The minimum atomic E-state index is -3.66. The first-order valence-corrected chi connectivity index (χ1v) is 12.5. The third kappa shape index (κ3) is 6.09. The zero-order valence-electron chi connectivity index (χ0n) is 18.0. The number of aryl methyl sites for hydroxylation is 1. The van der Waals surface area contributed by atoms with Crippen molar-refractivity contribution in [2.45, 2.75) is 50.1 Å². The summed E-state index contributed by atoms with van der Waals surface area (Å²) in [4.78, 5) is 24.5. The Labute approximate surface area is 194 Å². The molecule has 2 aromatic rings. The average Bonchev–Trinajstić information content (AvgIpc) is 2.79. The second-order valence-electron chi connectivity index (χ2n) is 7.87. The Morgan fingerprint density at radius 3 is 2.44 bits per heavy atom. The van der Waals surface area contributed by atoms with Crippen molar-refractivity contribution < 1.29 is 18.0 Å². The SMILES string of the molecule is Cc1ccccc1CNC(=O)C(=O)NCC[C@@H]1CCCCN1S(=O)(=O)c1ccc(Cl)cc1. The smallest absolute Gasteiger partial charge is 0.309 e. The Balaban J connectivity index is 1.53. The summed E-state index contributed by atoms with van der Waals surface area (Å²) in [5.41, 5.74) is 1.98. The van der Waals surface area contributed by atoms with Crippen LogP contribution < -0.4 is 10.6 Å². The largest absolute Gasteiger partial charge is 0.348 e. The molecule has 0 aromatic heterocycles. The van der Waals surface area contributed by atoms with Gasteiger partial charge < -0.3 is 10.6 Å². The number of hydrogen-bond acceptors (Lipinski definition) is 4. The predicted molar refractivity (Wildman–Crippen MR) is 124 cm³/mol.